The third-order valence-electron chi connectivity index (χ3n) is 5.18. The Hall–Kier alpha value is -2.74. The molecule has 2 fully saturated rings. The van der Waals surface area contributed by atoms with Crippen LogP contribution in [0.15, 0.2) is 34.9 Å². The second kappa shape index (κ2) is 6.77. The second-order valence-electron chi connectivity index (χ2n) is 7.05. The summed E-state index contributed by atoms with van der Waals surface area (Å²) in [6, 6.07) is 7.61. The van der Waals surface area contributed by atoms with Gasteiger partial charge in [-0.2, -0.15) is 0 Å². The third-order valence-corrected chi connectivity index (χ3v) is 5.18. The largest absolute Gasteiger partial charge is 0.363 e. The van der Waals surface area contributed by atoms with Gasteiger partial charge in [0.2, 0.25) is 0 Å². The number of morpholine rings is 1. The molecular weight excluding hydrogens is 353 g/mol. The predicted octanol–water partition coefficient (Wildman–Crippen LogP) is 2.16. The van der Waals surface area contributed by atoms with Gasteiger partial charge in [-0.15, -0.1) is 0 Å². The fraction of sp³-hybridized carbons (Fsp3) is 0.421. The average Bonchev–Trinajstić information content (AvgIpc) is 3.10. The number of nitrogens with zero attached hydrogens (tertiary/aromatic N) is 3. The summed E-state index contributed by atoms with van der Waals surface area (Å²) < 4.78 is 24.4. The number of hydrogen-bond acceptors (Lipinski definition) is 5. The van der Waals surface area contributed by atoms with Crippen molar-refractivity contribution in [2.45, 2.75) is 25.4 Å². The van der Waals surface area contributed by atoms with Gasteiger partial charge in [0.25, 0.3) is 11.8 Å². The lowest BCUT2D eigenvalue weighted by atomic mass is 9.89. The van der Waals surface area contributed by atoms with E-state index in [2.05, 4.69) is 5.16 Å². The van der Waals surface area contributed by atoms with Crippen molar-refractivity contribution in [1.29, 1.82) is 0 Å². The van der Waals surface area contributed by atoms with Crippen LogP contribution in [0.5, 0.6) is 0 Å². The highest BCUT2D eigenvalue weighted by Crippen LogP contribution is 2.33. The number of likely N-dealkylation sites (tertiary alicyclic amines) is 1. The van der Waals surface area contributed by atoms with E-state index in [-0.39, 0.29) is 24.2 Å². The molecule has 142 valence electrons. The molecule has 4 rings (SSSR count). The Morgan fingerprint density at radius 3 is 2.70 bits per heavy atom. The van der Waals surface area contributed by atoms with Gasteiger partial charge in [-0.1, -0.05) is 11.2 Å². The standard InChI is InChI=1S/C19H20FN3O4/c1-13-9-16(21-27-13)18(25)22-7-5-19(6-8-22)12-23(17(24)11-26-19)15-4-2-3-14(20)10-15/h2-4,9-10H,5-8,11-12H2,1H3. The summed E-state index contributed by atoms with van der Waals surface area (Å²) >= 11 is 0. The molecule has 2 amide bonds. The summed E-state index contributed by atoms with van der Waals surface area (Å²) in [6.45, 7) is 3.03. The quantitative estimate of drug-likeness (QED) is 0.806. The summed E-state index contributed by atoms with van der Waals surface area (Å²) in [5.74, 6) is -0.158. The Morgan fingerprint density at radius 2 is 2.04 bits per heavy atom. The van der Waals surface area contributed by atoms with Crippen molar-refractivity contribution in [2.24, 2.45) is 0 Å². The Bertz CT molecular complexity index is 873. The van der Waals surface area contributed by atoms with Crippen molar-refractivity contribution in [3.05, 3.63) is 47.6 Å². The highest BCUT2D eigenvalue weighted by molar-refractivity contribution is 5.95. The lowest BCUT2D eigenvalue weighted by molar-refractivity contribution is -0.143. The molecule has 2 aliphatic rings. The second-order valence-corrected chi connectivity index (χ2v) is 7.05. The number of anilines is 1. The number of ether oxygens (including phenoxy) is 1. The van der Waals surface area contributed by atoms with Crippen LogP contribution in [-0.2, 0) is 9.53 Å². The Labute approximate surface area is 155 Å². The van der Waals surface area contributed by atoms with Crippen LogP contribution in [0.4, 0.5) is 10.1 Å². The number of amides is 2. The van der Waals surface area contributed by atoms with E-state index in [9.17, 15) is 14.0 Å². The van der Waals surface area contributed by atoms with Crippen molar-refractivity contribution >= 4 is 17.5 Å². The van der Waals surface area contributed by atoms with Crippen molar-refractivity contribution in [1.82, 2.24) is 10.1 Å². The van der Waals surface area contributed by atoms with Gasteiger partial charge in [0, 0.05) is 24.8 Å². The van der Waals surface area contributed by atoms with E-state index in [1.54, 1.807) is 34.9 Å². The van der Waals surface area contributed by atoms with E-state index in [4.69, 9.17) is 9.26 Å². The van der Waals surface area contributed by atoms with E-state index in [0.717, 1.165) is 0 Å². The lowest BCUT2D eigenvalue weighted by Gasteiger charge is -2.46. The van der Waals surface area contributed by atoms with Crippen molar-refractivity contribution < 1.29 is 23.2 Å². The maximum atomic E-state index is 13.6. The van der Waals surface area contributed by atoms with Gasteiger partial charge in [-0.3, -0.25) is 9.59 Å². The molecule has 1 aromatic heterocycles. The normalized spacial score (nSPS) is 19.6. The molecule has 8 heteroatoms. The van der Waals surface area contributed by atoms with Crippen LogP contribution in [0.25, 0.3) is 0 Å². The molecule has 0 radical (unpaired) electrons. The first kappa shape index (κ1) is 17.7. The minimum absolute atomic E-state index is 0.0487. The number of aromatic nitrogens is 1. The molecule has 2 aromatic rings. The molecule has 27 heavy (non-hydrogen) atoms. The summed E-state index contributed by atoms with van der Waals surface area (Å²) in [5.41, 5.74) is 0.292. The summed E-state index contributed by atoms with van der Waals surface area (Å²) in [5, 5.41) is 3.78. The van der Waals surface area contributed by atoms with Gasteiger partial charge < -0.3 is 19.1 Å². The molecule has 1 spiro atoms. The Balaban J connectivity index is 1.46. The molecule has 0 saturated carbocycles. The van der Waals surface area contributed by atoms with Gasteiger partial charge >= 0.3 is 0 Å². The maximum Gasteiger partial charge on any atom is 0.276 e. The smallest absolute Gasteiger partial charge is 0.276 e. The van der Waals surface area contributed by atoms with Crippen LogP contribution >= 0.6 is 0 Å². The van der Waals surface area contributed by atoms with Gasteiger partial charge in [-0.05, 0) is 38.0 Å². The van der Waals surface area contributed by atoms with Gasteiger partial charge in [0.15, 0.2) is 5.69 Å². The molecule has 0 unspecified atom stereocenters. The number of carbonyl (C=O) groups is 2. The highest BCUT2D eigenvalue weighted by atomic mass is 19.1. The van der Waals surface area contributed by atoms with Crippen LogP contribution in [-0.4, -0.2) is 53.7 Å². The number of piperidine rings is 1. The van der Waals surface area contributed by atoms with E-state index in [0.29, 0.717) is 49.6 Å². The zero-order valence-electron chi connectivity index (χ0n) is 15.0. The molecule has 2 saturated heterocycles. The predicted molar refractivity (Wildman–Crippen MR) is 93.8 cm³/mol. The van der Waals surface area contributed by atoms with Crippen LogP contribution < -0.4 is 4.90 Å². The van der Waals surface area contributed by atoms with Gasteiger partial charge in [-0.25, -0.2) is 4.39 Å². The summed E-state index contributed by atoms with van der Waals surface area (Å²) in [6.07, 6.45) is 1.18. The van der Waals surface area contributed by atoms with Crippen LogP contribution in [0.3, 0.4) is 0 Å². The van der Waals surface area contributed by atoms with Gasteiger partial charge in [0.05, 0.1) is 12.1 Å². The zero-order chi connectivity index (χ0) is 19.0. The Morgan fingerprint density at radius 1 is 1.26 bits per heavy atom. The first-order chi connectivity index (χ1) is 13.0. The number of hydrogen-bond donors (Lipinski definition) is 0. The molecule has 1 aromatic carbocycles. The third kappa shape index (κ3) is 3.44. The Kier molecular flexibility index (Phi) is 4.43. The van der Waals surface area contributed by atoms with E-state index >= 15 is 0 Å². The number of aryl methyl sites for hydroxylation is 1. The number of carbonyl (C=O) groups excluding carboxylic acids is 2. The van der Waals surface area contributed by atoms with Crippen LogP contribution in [0, 0.1) is 12.7 Å². The maximum absolute atomic E-state index is 13.6. The van der Waals surface area contributed by atoms with Crippen molar-refractivity contribution in [3.8, 4) is 0 Å². The first-order valence-electron chi connectivity index (χ1n) is 8.88. The topological polar surface area (TPSA) is 75.9 Å². The van der Waals surface area contributed by atoms with Crippen LogP contribution in [0.2, 0.25) is 0 Å². The van der Waals surface area contributed by atoms with E-state index in [1.165, 1.54) is 12.1 Å². The van der Waals surface area contributed by atoms with Crippen LogP contribution in [0.1, 0.15) is 29.1 Å². The SMILES string of the molecule is Cc1cc(C(=O)N2CCC3(CC2)CN(c2cccc(F)c2)C(=O)CO3)no1. The van der Waals surface area contributed by atoms with E-state index < -0.39 is 5.60 Å². The highest BCUT2D eigenvalue weighted by Gasteiger charge is 2.43. The molecular formula is C19H20FN3O4. The fourth-order valence-electron chi connectivity index (χ4n) is 3.64. The first-order valence-corrected chi connectivity index (χ1v) is 8.88. The van der Waals surface area contributed by atoms with Gasteiger partial charge in [0.1, 0.15) is 18.2 Å². The summed E-state index contributed by atoms with van der Waals surface area (Å²) in [4.78, 5) is 28.1. The number of rotatable bonds is 2. The zero-order valence-corrected chi connectivity index (χ0v) is 15.0. The molecule has 0 bridgehead atoms. The molecule has 3 heterocycles. The van der Waals surface area contributed by atoms with E-state index in [1.807, 2.05) is 0 Å². The van der Waals surface area contributed by atoms with Crippen molar-refractivity contribution in [2.75, 3.05) is 31.1 Å². The molecule has 2 aliphatic heterocycles. The average molecular weight is 373 g/mol. The molecule has 7 nitrogen and oxygen atoms in total. The minimum Gasteiger partial charge on any atom is -0.363 e. The molecule has 0 N–H and O–H groups in total. The van der Waals surface area contributed by atoms with Crippen molar-refractivity contribution in [3.63, 3.8) is 0 Å². The number of benzene rings is 1. The summed E-state index contributed by atoms with van der Waals surface area (Å²) in [7, 11) is 0. The minimum atomic E-state index is -0.531. The lowest BCUT2D eigenvalue weighted by Crippen LogP contribution is -2.59. The fourth-order valence-corrected chi connectivity index (χ4v) is 3.64. The monoisotopic (exact) mass is 373 g/mol. The molecule has 0 aliphatic carbocycles. The molecule has 0 atom stereocenters. The number of halogens is 1.